The largest absolute Gasteiger partial charge is 0.379 e. The zero-order valence-electron chi connectivity index (χ0n) is 13.1. The number of piperidine rings is 1. The second-order valence-electron chi connectivity index (χ2n) is 6.17. The van der Waals surface area contributed by atoms with Crippen molar-refractivity contribution in [1.82, 2.24) is 15.0 Å². The smallest absolute Gasteiger partial charge is 0.150 e. The van der Waals surface area contributed by atoms with Crippen LogP contribution in [0.15, 0.2) is 10.6 Å². The van der Waals surface area contributed by atoms with E-state index in [1.807, 2.05) is 0 Å². The van der Waals surface area contributed by atoms with Gasteiger partial charge in [-0.15, -0.1) is 0 Å². The van der Waals surface area contributed by atoms with Crippen molar-refractivity contribution in [1.29, 1.82) is 0 Å². The van der Waals surface area contributed by atoms with Crippen LogP contribution in [0, 0.1) is 0 Å². The molecule has 21 heavy (non-hydrogen) atoms. The van der Waals surface area contributed by atoms with Crippen LogP contribution < -0.4 is 0 Å². The number of aryl methyl sites for hydroxylation is 1. The van der Waals surface area contributed by atoms with Gasteiger partial charge in [-0.25, -0.2) is 0 Å². The van der Waals surface area contributed by atoms with Gasteiger partial charge in [0.05, 0.1) is 25.5 Å². The molecule has 5 heteroatoms. The molecule has 1 unspecified atom stereocenters. The Balaban J connectivity index is 1.57. The number of hydrogen-bond acceptors (Lipinski definition) is 5. The normalized spacial score (nSPS) is 25.3. The van der Waals surface area contributed by atoms with Crippen molar-refractivity contribution in [3.63, 3.8) is 0 Å². The Morgan fingerprint density at radius 3 is 2.86 bits per heavy atom. The first kappa shape index (κ1) is 15.0. The fourth-order valence-corrected chi connectivity index (χ4v) is 3.35. The van der Waals surface area contributed by atoms with Crippen molar-refractivity contribution >= 4 is 0 Å². The molecule has 1 atom stereocenters. The molecule has 0 radical (unpaired) electrons. The van der Waals surface area contributed by atoms with Gasteiger partial charge in [0.25, 0.3) is 0 Å². The summed E-state index contributed by atoms with van der Waals surface area (Å²) in [6.07, 6.45) is 4.89. The molecule has 0 N–H and O–H groups in total. The number of hydrogen-bond donors (Lipinski definition) is 0. The predicted octanol–water partition coefficient (Wildman–Crippen LogP) is 1.92. The Morgan fingerprint density at radius 2 is 2.10 bits per heavy atom. The van der Waals surface area contributed by atoms with E-state index in [2.05, 4.69) is 27.9 Å². The zero-order valence-corrected chi connectivity index (χ0v) is 13.1. The van der Waals surface area contributed by atoms with Gasteiger partial charge in [0.15, 0.2) is 5.76 Å². The summed E-state index contributed by atoms with van der Waals surface area (Å²) in [6, 6.07) is 2.76. The van der Waals surface area contributed by atoms with Crippen molar-refractivity contribution < 1.29 is 9.26 Å². The quantitative estimate of drug-likeness (QED) is 0.830. The molecule has 0 aromatic carbocycles. The van der Waals surface area contributed by atoms with Crippen LogP contribution in [-0.4, -0.2) is 60.4 Å². The minimum atomic E-state index is 0.645. The minimum absolute atomic E-state index is 0.645. The summed E-state index contributed by atoms with van der Waals surface area (Å²) in [5, 5.41) is 4.11. The van der Waals surface area contributed by atoms with Crippen molar-refractivity contribution in [3.8, 4) is 0 Å². The predicted molar refractivity (Wildman–Crippen MR) is 81.2 cm³/mol. The first-order valence-corrected chi connectivity index (χ1v) is 8.34. The molecule has 1 aromatic rings. The Labute approximate surface area is 127 Å². The van der Waals surface area contributed by atoms with Gasteiger partial charge in [-0.2, -0.15) is 0 Å². The number of aromatic nitrogens is 1. The molecule has 2 aliphatic rings. The number of rotatable bonds is 5. The monoisotopic (exact) mass is 293 g/mol. The van der Waals surface area contributed by atoms with Crippen LogP contribution in [0.5, 0.6) is 0 Å². The fourth-order valence-electron chi connectivity index (χ4n) is 3.35. The maximum atomic E-state index is 5.47. The van der Waals surface area contributed by atoms with E-state index in [0.717, 1.165) is 57.3 Å². The van der Waals surface area contributed by atoms with E-state index < -0.39 is 0 Å². The van der Waals surface area contributed by atoms with Gasteiger partial charge in [0.1, 0.15) is 0 Å². The molecule has 3 rings (SSSR count). The number of nitrogens with zero attached hydrogens (tertiary/aromatic N) is 3. The lowest BCUT2D eigenvalue weighted by Crippen LogP contribution is -2.49. The van der Waals surface area contributed by atoms with Gasteiger partial charge in [-0.05, 0) is 25.8 Å². The van der Waals surface area contributed by atoms with E-state index in [1.165, 1.54) is 25.8 Å². The first-order chi connectivity index (χ1) is 10.3. The van der Waals surface area contributed by atoms with Gasteiger partial charge in [0.2, 0.25) is 0 Å². The van der Waals surface area contributed by atoms with Crippen molar-refractivity contribution in [2.75, 3.05) is 39.4 Å². The van der Waals surface area contributed by atoms with Gasteiger partial charge in [-0.1, -0.05) is 18.5 Å². The SMILES string of the molecule is CCc1cc(CN2CCCCC2CN2CCOCC2)on1. The highest BCUT2D eigenvalue weighted by Gasteiger charge is 2.26. The standard InChI is InChI=1S/C16H27N3O2/c1-2-14-11-16(21-17-14)13-19-6-4-3-5-15(19)12-18-7-9-20-10-8-18/h11,15H,2-10,12-13H2,1H3. The highest BCUT2D eigenvalue weighted by atomic mass is 16.5. The molecular formula is C16H27N3O2. The third-order valence-corrected chi connectivity index (χ3v) is 4.65. The summed E-state index contributed by atoms with van der Waals surface area (Å²) in [5.41, 5.74) is 1.06. The van der Waals surface area contributed by atoms with Crippen LogP contribution in [-0.2, 0) is 17.7 Å². The third-order valence-electron chi connectivity index (χ3n) is 4.65. The van der Waals surface area contributed by atoms with E-state index in [-0.39, 0.29) is 0 Å². The number of likely N-dealkylation sites (tertiary alicyclic amines) is 1. The molecule has 2 aliphatic heterocycles. The first-order valence-electron chi connectivity index (χ1n) is 8.34. The lowest BCUT2D eigenvalue weighted by Gasteiger charge is -2.39. The van der Waals surface area contributed by atoms with Gasteiger partial charge in [0, 0.05) is 31.7 Å². The van der Waals surface area contributed by atoms with Crippen molar-refractivity contribution in [2.24, 2.45) is 0 Å². The lowest BCUT2D eigenvalue weighted by atomic mass is 10.0. The topological polar surface area (TPSA) is 41.7 Å². The molecule has 0 bridgehead atoms. The molecule has 2 fully saturated rings. The third kappa shape index (κ3) is 4.05. The van der Waals surface area contributed by atoms with Crippen molar-refractivity contribution in [3.05, 3.63) is 17.5 Å². The molecule has 5 nitrogen and oxygen atoms in total. The van der Waals surface area contributed by atoms with Crippen LogP contribution in [0.2, 0.25) is 0 Å². The Hall–Kier alpha value is -0.910. The second-order valence-corrected chi connectivity index (χ2v) is 6.17. The highest BCUT2D eigenvalue weighted by molar-refractivity contribution is 5.05. The second kappa shape index (κ2) is 7.38. The van der Waals surface area contributed by atoms with Gasteiger partial charge < -0.3 is 9.26 Å². The summed E-state index contributed by atoms with van der Waals surface area (Å²) in [4.78, 5) is 5.13. The van der Waals surface area contributed by atoms with E-state index in [1.54, 1.807) is 0 Å². The molecule has 118 valence electrons. The zero-order chi connectivity index (χ0) is 14.5. The van der Waals surface area contributed by atoms with Crippen LogP contribution in [0.25, 0.3) is 0 Å². The Kier molecular flexibility index (Phi) is 5.27. The van der Waals surface area contributed by atoms with Crippen LogP contribution >= 0.6 is 0 Å². The molecular weight excluding hydrogens is 266 g/mol. The van der Waals surface area contributed by atoms with Crippen LogP contribution in [0.1, 0.15) is 37.6 Å². The average molecular weight is 293 g/mol. The van der Waals surface area contributed by atoms with Gasteiger partial charge >= 0.3 is 0 Å². The minimum Gasteiger partial charge on any atom is -0.379 e. The van der Waals surface area contributed by atoms with E-state index in [9.17, 15) is 0 Å². The number of ether oxygens (including phenoxy) is 1. The van der Waals surface area contributed by atoms with E-state index in [0.29, 0.717) is 6.04 Å². The summed E-state index contributed by atoms with van der Waals surface area (Å²) in [7, 11) is 0. The van der Waals surface area contributed by atoms with Crippen molar-refractivity contribution in [2.45, 2.75) is 45.2 Å². The molecule has 1 aromatic heterocycles. The lowest BCUT2D eigenvalue weighted by molar-refractivity contribution is 0.0139. The van der Waals surface area contributed by atoms with Crippen LogP contribution in [0.3, 0.4) is 0 Å². The summed E-state index contributed by atoms with van der Waals surface area (Å²) < 4.78 is 10.9. The maximum absolute atomic E-state index is 5.47. The molecule has 3 heterocycles. The molecule has 0 amide bonds. The summed E-state index contributed by atoms with van der Waals surface area (Å²) in [5.74, 6) is 1.01. The van der Waals surface area contributed by atoms with E-state index in [4.69, 9.17) is 9.26 Å². The Bertz CT molecular complexity index is 429. The summed E-state index contributed by atoms with van der Waals surface area (Å²) >= 11 is 0. The summed E-state index contributed by atoms with van der Waals surface area (Å²) in [6.45, 7) is 9.28. The van der Waals surface area contributed by atoms with E-state index >= 15 is 0 Å². The maximum Gasteiger partial charge on any atom is 0.150 e. The van der Waals surface area contributed by atoms with Crippen LogP contribution in [0.4, 0.5) is 0 Å². The number of morpholine rings is 1. The average Bonchev–Trinajstić information content (AvgIpc) is 2.98. The molecule has 0 aliphatic carbocycles. The highest BCUT2D eigenvalue weighted by Crippen LogP contribution is 2.21. The molecule has 2 saturated heterocycles. The fraction of sp³-hybridized carbons (Fsp3) is 0.812. The van der Waals surface area contributed by atoms with Gasteiger partial charge in [-0.3, -0.25) is 9.80 Å². The molecule has 0 saturated carbocycles. The Morgan fingerprint density at radius 1 is 1.24 bits per heavy atom. The molecule has 0 spiro atoms.